The molecule has 68 heavy (non-hydrogen) atoms. The highest BCUT2D eigenvalue weighted by atomic mass is 19.3. The molecule has 0 radical (unpaired) electrons. The number of nitrogens with zero attached hydrogens (tertiary/aromatic N) is 2. The van der Waals surface area contributed by atoms with Gasteiger partial charge in [-0.25, -0.2) is 23.2 Å². The molecular weight excluding hydrogens is 883 g/mol. The fraction of sp³-hybridized carbons (Fsp3) is 0.612. The lowest BCUT2D eigenvalue weighted by Crippen LogP contribution is -2.73. The number of carbonyl (C=O) groups is 7. The number of nitrogens with one attached hydrogen (secondary N) is 6. The highest BCUT2D eigenvalue weighted by Gasteiger charge is 2.64. The van der Waals surface area contributed by atoms with E-state index < -0.39 is 95.1 Å². The number of rotatable bonds is 19. The van der Waals surface area contributed by atoms with Crippen LogP contribution in [0.3, 0.4) is 0 Å². The Morgan fingerprint density at radius 1 is 0.647 bits per heavy atom. The molecule has 2 aromatic rings. The summed E-state index contributed by atoms with van der Waals surface area (Å²) in [6.45, 7) is 12.9. The monoisotopic (exact) mass is 955 g/mol. The van der Waals surface area contributed by atoms with E-state index >= 15 is 8.78 Å². The summed E-state index contributed by atoms with van der Waals surface area (Å²) in [5.74, 6) is -6.09. The Morgan fingerprint density at radius 3 is 1.63 bits per heavy atom. The summed E-state index contributed by atoms with van der Waals surface area (Å²) in [6, 6.07) is 12.5. The van der Waals surface area contributed by atoms with E-state index in [4.69, 9.17) is 9.47 Å². The van der Waals surface area contributed by atoms with E-state index in [2.05, 4.69) is 31.9 Å². The zero-order valence-corrected chi connectivity index (χ0v) is 41.0. The fourth-order valence-corrected chi connectivity index (χ4v) is 8.12. The number of carbonyl (C=O) groups excluding carboxylic acids is 7. The second-order valence-electron chi connectivity index (χ2n) is 20.2. The van der Waals surface area contributed by atoms with Crippen molar-refractivity contribution in [3.8, 4) is 0 Å². The molecule has 2 fully saturated rings. The molecule has 4 atom stereocenters. The SMILES string of the molecule is CNC(=O)N1CCC2(CN(C(=O)C(CCCCNC(=O)OC(C)(C)C)NC(=O)C(CC(C)C)NC(=O)C(Cc3ccccc3)NC(=O)C(Cc3ccccc3)NC(=O)OC(C)(C)C)C2)C(F)(F)C1. The number of halogens is 2. The first-order valence-corrected chi connectivity index (χ1v) is 23.4. The van der Waals surface area contributed by atoms with E-state index in [1.54, 1.807) is 96.1 Å². The van der Waals surface area contributed by atoms with E-state index in [0.717, 1.165) is 10.5 Å². The van der Waals surface area contributed by atoms with Gasteiger partial charge in [0.1, 0.15) is 35.4 Å². The van der Waals surface area contributed by atoms with Crippen LogP contribution in [0.4, 0.5) is 23.2 Å². The number of piperidine rings is 1. The predicted molar refractivity (Wildman–Crippen MR) is 251 cm³/mol. The fourth-order valence-electron chi connectivity index (χ4n) is 8.12. The zero-order valence-electron chi connectivity index (χ0n) is 41.0. The molecule has 8 amide bonds. The lowest BCUT2D eigenvalue weighted by Gasteiger charge is -2.57. The average molecular weight is 955 g/mol. The van der Waals surface area contributed by atoms with Crippen LogP contribution >= 0.6 is 0 Å². The number of amides is 8. The molecule has 4 unspecified atom stereocenters. The molecule has 2 saturated heterocycles. The first-order valence-electron chi connectivity index (χ1n) is 23.4. The molecule has 2 heterocycles. The van der Waals surface area contributed by atoms with Gasteiger partial charge in [-0.3, -0.25) is 19.2 Å². The Bertz CT molecular complexity index is 2040. The van der Waals surface area contributed by atoms with Crippen LogP contribution < -0.4 is 31.9 Å². The Labute approximate surface area is 398 Å². The lowest BCUT2D eigenvalue weighted by molar-refractivity contribution is -0.219. The number of urea groups is 1. The third kappa shape index (κ3) is 16.6. The normalized spacial score (nSPS) is 17.1. The second kappa shape index (κ2) is 23.8. The van der Waals surface area contributed by atoms with Gasteiger partial charge in [0.2, 0.25) is 23.6 Å². The standard InChI is InChI=1S/C49H72F2N8O9/c1-32(2)26-36(55-40(61)37(27-33-18-12-10-13-19-33)56-41(62)38(28-34-20-14-11-15-21-34)57-45(66)68-47(6,7)8)39(60)54-35(22-16-17-24-53-44(65)67-46(3,4)5)42(63)59-29-48(30-59)23-25-58(43(64)52-9)31-49(48,50)51/h10-15,18-21,32,35-38H,16-17,22-31H2,1-9H3,(H,52,64)(H,53,65)(H,54,60)(H,55,61)(H,56,62)(H,57,66). The molecule has 2 aliphatic heterocycles. The molecule has 0 saturated carbocycles. The maximum Gasteiger partial charge on any atom is 0.408 e. The van der Waals surface area contributed by atoms with E-state index in [1.807, 2.05) is 19.9 Å². The van der Waals surface area contributed by atoms with Crippen LogP contribution in [0.25, 0.3) is 0 Å². The summed E-state index contributed by atoms with van der Waals surface area (Å²) < 4.78 is 42.1. The molecule has 2 aromatic carbocycles. The van der Waals surface area contributed by atoms with E-state index in [0.29, 0.717) is 18.4 Å². The highest BCUT2D eigenvalue weighted by molar-refractivity contribution is 5.95. The summed E-state index contributed by atoms with van der Waals surface area (Å²) in [6.07, 6.45) is -0.475. The van der Waals surface area contributed by atoms with Gasteiger partial charge in [-0.05, 0) is 90.7 Å². The number of likely N-dealkylation sites (tertiary alicyclic amines) is 2. The number of hydrogen-bond acceptors (Lipinski definition) is 9. The second-order valence-corrected chi connectivity index (χ2v) is 20.2. The maximum atomic E-state index is 15.7. The average Bonchev–Trinajstić information content (AvgIpc) is 3.22. The van der Waals surface area contributed by atoms with Gasteiger partial charge in [0.15, 0.2) is 0 Å². The first-order chi connectivity index (χ1) is 31.8. The molecule has 17 nitrogen and oxygen atoms in total. The number of ether oxygens (including phenoxy) is 2. The highest BCUT2D eigenvalue weighted by Crippen LogP contribution is 2.50. The van der Waals surface area contributed by atoms with Gasteiger partial charge in [0.25, 0.3) is 5.92 Å². The van der Waals surface area contributed by atoms with Crippen LogP contribution in [0.15, 0.2) is 60.7 Å². The van der Waals surface area contributed by atoms with Crippen molar-refractivity contribution in [2.45, 2.75) is 142 Å². The van der Waals surface area contributed by atoms with Crippen molar-refractivity contribution in [1.29, 1.82) is 0 Å². The van der Waals surface area contributed by atoms with Gasteiger partial charge >= 0.3 is 18.2 Å². The van der Waals surface area contributed by atoms with Crippen molar-refractivity contribution in [2.75, 3.05) is 39.8 Å². The summed E-state index contributed by atoms with van der Waals surface area (Å²) in [5, 5.41) is 16.1. The van der Waals surface area contributed by atoms with Gasteiger partial charge in [-0.15, -0.1) is 0 Å². The zero-order chi connectivity index (χ0) is 50.5. The van der Waals surface area contributed by atoms with Crippen molar-refractivity contribution in [3.63, 3.8) is 0 Å². The van der Waals surface area contributed by atoms with Crippen LogP contribution in [0.5, 0.6) is 0 Å². The number of unbranched alkanes of at least 4 members (excludes halogenated alkanes) is 1. The molecule has 4 rings (SSSR count). The molecule has 0 aromatic heterocycles. The van der Waals surface area contributed by atoms with E-state index in [-0.39, 0.29) is 64.2 Å². The van der Waals surface area contributed by atoms with Crippen LogP contribution in [-0.4, -0.2) is 133 Å². The Kier molecular flexibility index (Phi) is 19.1. The predicted octanol–water partition coefficient (Wildman–Crippen LogP) is 5.07. The Balaban J connectivity index is 1.55. The number of hydrogen-bond donors (Lipinski definition) is 6. The van der Waals surface area contributed by atoms with Crippen LogP contribution in [-0.2, 0) is 41.5 Å². The molecule has 2 aliphatic rings. The molecule has 376 valence electrons. The quantitative estimate of drug-likeness (QED) is 0.104. The van der Waals surface area contributed by atoms with Gasteiger partial charge in [-0.1, -0.05) is 74.5 Å². The lowest BCUT2D eigenvalue weighted by atomic mass is 9.69. The van der Waals surface area contributed by atoms with Gasteiger partial charge in [0, 0.05) is 46.1 Å². The minimum absolute atomic E-state index is 0.0135. The summed E-state index contributed by atoms with van der Waals surface area (Å²) in [4.78, 5) is 96.9. The largest absolute Gasteiger partial charge is 0.444 e. The topological polar surface area (TPSA) is 217 Å². The molecule has 6 N–H and O–H groups in total. The Morgan fingerprint density at radius 2 is 1.13 bits per heavy atom. The third-order valence-electron chi connectivity index (χ3n) is 11.6. The maximum absolute atomic E-state index is 15.7. The number of alkyl carbamates (subject to hydrolysis) is 2. The van der Waals surface area contributed by atoms with Crippen molar-refractivity contribution in [1.82, 2.24) is 41.7 Å². The van der Waals surface area contributed by atoms with Crippen LogP contribution in [0.1, 0.15) is 98.6 Å². The first kappa shape index (κ1) is 54.6. The van der Waals surface area contributed by atoms with Crippen LogP contribution in [0.2, 0.25) is 0 Å². The number of benzene rings is 2. The van der Waals surface area contributed by atoms with Gasteiger partial charge in [0.05, 0.1) is 12.0 Å². The summed E-state index contributed by atoms with van der Waals surface area (Å²) >= 11 is 0. The molecule has 19 heteroatoms. The van der Waals surface area contributed by atoms with Crippen molar-refractivity contribution >= 4 is 41.8 Å². The van der Waals surface area contributed by atoms with Crippen LogP contribution in [0, 0.1) is 11.3 Å². The Hall–Kier alpha value is -6.01. The van der Waals surface area contributed by atoms with Crippen molar-refractivity contribution < 1.29 is 51.8 Å². The number of alkyl halides is 2. The minimum atomic E-state index is -3.29. The third-order valence-corrected chi connectivity index (χ3v) is 11.6. The van der Waals surface area contributed by atoms with E-state index in [1.165, 1.54) is 11.9 Å². The smallest absolute Gasteiger partial charge is 0.408 e. The molecule has 0 aliphatic carbocycles. The molecular formula is C49H72F2N8O9. The minimum Gasteiger partial charge on any atom is -0.444 e. The summed E-state index contributed by atoms with van der Waals surface area (Å²) in [5.41, 5.74) is -1.69. The molecule has 1 spiro atoms. The van der Waals surface area contributed by atoms with Crippen molar-refractivity contribution in [3.05, 3.63) is 71.8 Å². The van der Waals surface area contributed by atoms with Crippen molar-refractivity contribution in [2.24, 2.45) is 11.3 Å². The van der Waals surface area contributed by atoms with E-state index in [9.17, 15) is 33.6 Å². The summed E-state index contributed by atoms with van der Waals surface area (Å²) in [7, 11) is 1.37. The van der Waals surface area contributed by atoms with Gasteiger partial charge < -0.3 is 51.2 Å². The van der Waals surface area contributed by atoms with Gasteiger partial charge in [-0.2, -0.15) is 0 Å². The molecule has 0 bridgehead atoms.